The molecule has 2 rings (SSSR count). The number of halogens is 2. The largest absolute Gasteiger partial charge is 0.457 e. The molecular formula is C14H10BrClO2S. The molecule has 0 saturated carbocycles. The van der Waals surface area contributed by atoms with Crippen LogP contribution in [0.15, 0.2) is 45.8 Å². The molecule has 98 valence electrons. The number of ether oxygens (including phenoxy) is 1. The van der Waals surface area contributed by atoms with Gasteiger partial charge in [0.25, 0.3) is 0 Å². The van der Waals surface area contributed by atoms with Crippen LogP contribution in [0.3, 0.4) is 0 Å². The van der Waals surface area contributed by atoms with Gasteiger partial charge in [-0.3, -0.25) is 4.79 Å². The SMILES string of the molecule is CSc1ccc(Oc2ccc(Br)cc2C=O)cc1Cl. The van der Waals surface area contributed by atoms with Gasteiger partial charge < -0.3 is 4.74 Å². The maximum atomic E-state index is 11.0. The van der Waals surface area contributed by atoms with Crippen molar-refractivity contribution in [1.29, 1.82) is 0 Å². The molecule has 0 unspecified atom stereocenters. The third-order valence-electron chi connectivity index (χ3n) is 2.45. The molecule has 19 heavy (non-hydrogen) atoms. The second-order valence-electron chi connectivity index (χ2n) is 3.70. The zero-order chi connectivity index (χ0) is 13.8. The van der Waals surface area contributed by atoms with Crippen LogP contribution in [-0.4, -0.2) is 12.5 Å². The van der Waals surface area contributed by atoms with Gasteiger partial charge >= 0.3 is 0 Å². The number of carbonyl (C=O) groups is 1. The minimum absolute atomic E-state index is 0.486. The van der Waals surface area contributed by atoms with Gasteiger partial charge in [-0.05, 0) is 36.6 Å². The van der Waals surface area contributed by atoms with E-state index in [1.807, 2.05) is 24.5 Å². The standard InChI is InChI=1S/C14H10BrClO2S/c1-19-14-5-3-11(7-12(14)16)18-13-4-2-10(15)6-9(13)8-17/h2-8H,1H3. The van der Waals surface area contributed by atoms with Crippen molar-refractivity contribution in [3.8, 4) is 11.5 Å². The van der Waals surface area contributed by atoms with Gasteiger partial charge in [0.1, 0.15) is 11.5 Å². The van der Waals surface area contributed by atoms with Crippen LogP contribution >= 0.6 is 39.3 Å². The Balaban J connectivity index is 2.31. The number of carbonyl (C=O) groups excluding carboxylic acids is 1. The van der Waals surface area contributed by atoms with E-state index in [-0.39, 0.29) is 0 Å². The highest BCUT2D eigenvalue weighted by Crippen LogP contribution is 2.32. The van der Waals surface area contributed by atoms with Gasteiger partial charge in [0.15, 0.2) is 6.29 Å². The molecule has 0 atom stereocenters. The van der Waals surface area contributed by atoms with Gasteiger partial charge in [-0.2, -0.15) is 0 Å². The van der Waals surface area contributed by atoms with Gasteiger partial charge in [0, 0.05) is 15.4 Å². The fourth-order valence-corrected chi connectivity index (χ4v) is 2.78. The minimum Gasteiger partial charge on any atom is -0.457 e. The monoisotopic (exact) mass is 356 g/mol. The van der Waals surface area contributed by atoms with Gasteiger partial charge in [-0.15, -0.1) is 11.8 Å². The van der Waals surface area contributed by atoms with Crippen LogP contribution in [-0.2, 0) is 0 Å². The van der Waals surface area contributed by atoms with E-state index in [0.717, 1.165) is 15.7 Å². The quantitative estimate of drug-likeness (QED) is 0.539. The van der Waals surface area contributed by atoms with Crippen LogP contribution in [0.5, 0.6) is 11.5 Å². The molecule has 2 nitrogen and oxygen atoms in total. The second kappa shape index (κ2) is 6.46. The number of hydrogen-bond donors (Lipinski definition) is 0. The van der Waals surface area contributed by atoms with Gasteiger partial charge in [0.05, 0.1) is 10.6 Å². The summed E-state index contributed by atoms with van der Waals surface area (Å²) in [4.78, 5) is 12.0. The highest BCUT2D eigenvalue weighted by molar-refractivity contribution is 9.10. The van der Waals surface area contributed by atoms with E-state index in [2.05, 4.69) is 15.9 Å². The van der Waals surface area contributed by atoms with Crippen molar-refractivity contribution in [1.82, 2.24) is 0 Å². The van der Waals surface area contributed by atoms with Crippen molar-refractivity contribution in [2.24, 2.45) is 0 Å². The van der Waals surface area contributed by atoms with Crippen LogP contribution < -0.4 is 4.74 Å². The number of hydrogen-bond acceptors (Lipinski definition) is 3. The maximum absolute atomic E-state index is 11.0. The van der Waals surface area contributed by atoms with Crippen LogP contribution in [0.25, 0.3) is 0 Å². The summed E-state index contributed by atoms with van der Waals surface area (Å²) in [7, 11) is 0. The van der Waals surface area contributed by atoms with Gasteiger partial charge in [-0.1, -0.05) is 27.5 Å². The van der Waals surface area contributed by atoms with Crippen molar-refractivity contribution in [3.05, 3.63) is 51.5 Å². The molecule has 0 aliphatic rings. The van der Waals surface area contributed by atoms with E-state index in [1.165, 1.54) is 0 Å². The van der Waals surface area contributed by atoms with Gasteiger partial charge in [-0.25, -0.2) is 0 Å². The third kappa shape index (κ3) is 3.53. The smallest absolute Gasteiger partial charge is 0.153 e. The van der Waals surface area contributed by atoms with E-state index in [4.69, 9.17) is 16.3 Å². The summed E-state index contributed by atoms with van der Waals surface area (Å²) in [6.07, 6.45) is 2.72. The average molecular weight is 358 g/mol. The van der Waals surface area contributed by atoms with Crippen molar-refractivity contribution in [2.75, 3.05) is 6.26 Å². The van der Waals surface area contributed by atoms with Gasteiger partial charge in [0.2, 0.25) is 0 Å². The lowest BCUT2D eigenvalue weighted by molar-refractivity contribution is 0.112. The number of benzene rings is 2. The molecule has 0 bridgehead atoms. The molecule has 0 saturated heterocycles. The molecule has 2 aromatic rings. The summed E-state index contributed by atoms with van der Waals surface area (Å²) < 4.78 is 6.52. The summed E-state index contributed by atoms with van der Waals surface area (Å²) in [6.45, 7) is 0. The first kappa shape index (κ1) is 14.4. The minimum atomic E-state index is 0.486. The Morgan fingerprint density at radius 3 is 2.68 bits per heavy atom. The van der Waals surface area contributed by atoms with E-state index < -0.39 is 0 Å². The molecule has 5 heteroatoms. The van der Waals surface area contributed by atoms with Crippen LogP contribution in [0.4, 0.5) is 0 Å². The van der Waals surface area contributed by atoms with Crippen molar-refractivity contribution in [3.63, 3.8) is 0 Å². The maximum Gasteiger partial charge on any atom is 0.153 e. The Labute approximate surface area is 129 Å². The first-order valence-corrected chi connectivity index (χ1v) is 7.79. The molecule has 0 aromatic heterocycles. The topological polar surface area (TPSA) is 26.3 Å². The molecule has 0 N–H and O–H groups in total. The Kier molecular flexibility index (Phi) is 4.91. The fraction of sp³-hybridized carbons (Fsp3) is 0.0714. The zero-order valence-electron chi connectivity index (χ0n) is 10.0. The van der Waals surface area contributed by atoms with Crippen molar-refractivity contribution in [2.45, 2.75) is 4.90 Å². The summed E-state index contributed by atoms with van der Waals surface area (Å²) in [6, 6.07) is 10.7. The number of thioether (sulfide) groups is 1. The fourth-order valence-electron chi connectivity index (χ4n) is 1.54. The number of rotatable bonds is 4. The Hall–Kier alpha value is -0.970. The molecule has 0 spiro atoms. The van der Waals surface area contributed by atoms with Crippen LogP contribution in [0.1, 0.15) is 10.4 Å². The predicted molar refractivity (Wildman–Crippen MR) is 82.8 cm³/mol. The van der Waals surface area contributed by atoms with E-state index in [0.29, 0.717) is 22.1 Å². The Morgan fingerprint density at radius 2 is 2.05 bits per heavy atom. The molecule has 0 radical (unpaired) electrons. The van der Waals surface area contributed by atoms with Crippen LogP contribution in [0, 0.1) is 0 Å². The first-order valence-electron chi connectivity index (χ1n) is 5.40. The van der Waals surface area contributed by atoms with E-state index >= 15 is 0 Å². The lowest BCUT2D eigenvalue weighted by Crippen LogP contribution is -1.90. The average Bonchev–Trinajstić information content (AvgIpc) is 2.41. The second-order valence-corrected chi connectivity index (χ2v) is 5.87. The highest BCUT2D eigenvalue weighted by atomic mass is 79.9. The van der Waals surface area contributed by atoms with Crippen molar-refractivity contribution < 1.29 is 9.53 Å². The van der Waals surface area contributed by atoms with Crippen LogP contribution in [0.2, 0.25) is 5.02 Å². The summed E-state index contributed by atoms with van der Waals surface area (Å²) in [5.41, 5.74) is 0.486. The van der Waals surface area contributed by atoms with Crippen molar-refractivity contribution >= 4 is 45.6 Å². The highest BCUT2D eigenvalue weighted by Gasteiger charge is 2.07. The van der Waals surface area contributed by atoms with E-state index in [1.54, 1.807) is 30.0 Å². The molecule has 0 aliphatic carbocycles. The predicted octanol–water partition coefficient (Wildman–Crippen LogP) is 5.43. The first-order chi connectivity index (χ1) is 9.13. The Bertz CT molecular complexity index is 616. The molecule has 2 aromatic carbocycles. The molecule has 0 heterocycles. The summed E-state index contributed by atoms with van der Waals surface area (Å²) >= 11 is 11.0. The molecule has 0 aliphatic heterocycles. The normalized spacial score (nSPS) is 10.3. The third-order valence-corrected chi connectivity index (χ3v) is 4.16. The Morgan fingerprint density at radius 1 is 1.26 bits per heavy atom. The number of aldehydes is 1. The lowest BCUT2D eigenvalue weighted by Gasteiger charge is -2.09. The zero-order valence-corrected chi connectivity index (χ0v) is 13.2. The molecule has 0 amide bonds. The van der Waals surface area contributed by atoms with E-state index in [9.17, 15) is 4.79 Å². The summed E-state index contributed by atoms with van der Waals surface area (Å²) in [5.74, 6) is 1.11. The molecule has 0 fully saturated rings. The molecular weight excluding hydrogens is 348 g/mol. The lowest BCUT2D eigenvalue weighted by atomic mass is 10.2. The summed E-state index contributed by atoms with van der Waals surface area (Å²) in [5, 5.41) is 0.634.